The predicted molar refractivity (Wildman–Crippen MR) is 113 cm³/mol. The summed E-state index contributed by atoms with van der Waals surface area (Å²) in [6.45, 7) is 4.64. The third-order valence-electron chi connectivity index (χ3n) is 5.01. The Morgan fingerprint density at radius 2 is 1.74 bits per heavy atom. The Morgan fingerprint density at radius 1 is 1.04 bits per heavy atom. The third kappa shape index (κ3) is 4.06. The van der Waals surface area contributed by atoms with Gasteiger partial charge in [0.1, 0.15) is 0 Å². The normalized spacial score (nSPS) is 13.7. The molecular weight excluding hydrogens is 352 g/mol. The monoisotopic (exact) mass is 376 g/mol. The molecule has 27 heavy (non-hydrogen) atoms. The number of aryl methyl sites for hydroxylation is 1. The average Bonchev–Trinajstić information content (AvgIpc) is 3.37. The second-order valence-electron chi connectivity index (χ2n) is 7.04. The molecule has 2 heterocycles. The fraction of sp³-hybridized carbons (Fsp3) is 0.261. The molecule has 2 aromatic carbocycles. The summed E-state index contributed by atoms with van der Waals surface area (Å²) >= 11 is 1.62. The number of benzene rings is 2. The molecule has 0 saturated carbocycles. The van der Waals surface area contributed by atoms with E-state index < -0.39 is 0 Å². The molecule has 0 bridgehead atoms. The van der Waals surface area contributed by atoms with Crippen molar-refractivity contribution in [3.63, 3.8) is 0 Å². The Labute approximate surface area is 164 Å². The van der Waals surface area contributed by atoms with E-state index in [1.807, 2.05) is 30.0 Å². The molecule has 1 saturated heterocycles. The Hall–Kier alpha value is -2.59. The van der Waals surface area contributed by atoms with Crippen LogP contribution in [0.5, 0.6) is 0 Å². The minimum Gasteiger partial charge on any atom is -0.381 e. The molecule has 1 N–H and O–H groups in total. The van der Waals surface area contributed by atoms with E-state index in [0.717, 1.165) is 53.5 Å². The zero-order valence-corrected chi connectivity index (χ0v) is 16.4. The van der Waals surface area contributed by atoms with Crippen LogP contribution < -0.4 is 5.32 Å². The standard InChI is InChI=1S/C23H24N2OS/c1-17-15-21(27-22(17)23(26)25-13-5-6-14-25)19-11-9-18(10-12-19)16-24-20-7-3-2-4-8-20/h2-4,7-12,15,24H,5-6,13-14,16H2,1H3. The number of carbonyl (C=O) groups excluding carboxylic acids is 1. The van der Waals surface area contributed by atoms with Crippen LogP contribution in [0.4, 0.5) is 5.69 Å². The molecule has 0 radical (unpaired) electrons. The molecule has 1 aliphatic rings. The summed E-state index contributed by atoms with van der Waals surface area (Å²) in [7, 11) is 0. The third-order valence-corrected chi connectivity index (χ3v) is 6.29. The van der Waals surface area contributed by atoms with Gasteiger partial charge in [-0.05, 0) is 54.7 Å². The van der Waals surface area contributed by atoms with Crippen molar-refractivity contribution in [2.75, 3.05) is 18.4 Å². The van der Waals surface area contributed by atoms with Gasteiger partial charge in [-0.1, -0.05) is 42.5 Å². The lowest BCUT2D eigenvalue weighted by atomic mass is 10.1. The van der Waals surface area contributed by atoms with Crippen molar-refractivity contribution in [3.05, 3.63) is 76.7 Å². The fourth-order valence-electron chi connectivity index (χ4n) is 3.45. The van der Waals surface area contributed by atoms with Gasteiger partial charge in [-0.15, -0.1) is 11.3 Å². The molecule has 1 fully saturated rings. The van der Waals surface area contributed by atoms with E-state index in [9.17, 15) is 4.79 Å². The number of anilines is 1. The van der Waals surface area contributed by atoms with E-state index >= 15 is 0 Å². The molecule has 0 atom stereocenters. The molecule has 4 rings (SSSR count). The van der Waals surface area contributed by atoms with Crippen molar-refractivity contribution in [2.45, 2.75) is 26.3 Å². The number of nitrogens with zero attached hydrogens (tertiary/aromatic N) is 1. The summed E-state index contributed by atoms with van der Waals surface area (Å²) in [5.41, 5.74) is 4.62. The van der Waals surface area contributed by atoms with Gasteiger partial charge in [-0.25, -0.2) is 0 Å². The van der Waals surface area contributed by atoms with Gasteiger partial charge in [-0.2, -0.15) is 0 Å². The van der Waals surface area contributed by atoms with Crippen LogP contribution in [-0.4, -0.2) is 23.9 Å². The zero-order chi connectivity index (χ0) is 18.6. The number of likely N-dealkylation sites (tertiary alicyclic amines) is 1. The van der Waals surface area contributed by atoms with E-state index in [1.54, 1.807) is 11.3 Å². The highest BCUT2D eigenvalue weighted by Crippen LogP contribution is 2.33. The summed E-state index contributed by atoms with van der Waals surface area (Å²) in [4.78, 5) is 16.8. The molecule has 1 amide bonds. The van der Waals surface area contributed by atoms with Crippen LogP contribution in [-0.2, 0) is 6.54 Å². The van der Waals surface area contributed by atoms with Crippen LogP contribution in [0.25, 0.3) is 10.4 Å². The number of rotatable bonds is 5. The maximum atomic E-state index is 12.7. The van der Waals surface area contributed by atoms with Crippen molar-refractivity contribution in [2.24, 2.45) is 0 Å². The van der Waals surface area contributed by atoms with Crippen molar-refractivity contribution in [1.82, 2.24) is 4.90 Å². The summed E-state index contributed by atoms with van der Waals surface area (Å²) in [6, 6.07) is 21.0. The number of hydrogen-bond acceptors (Lipinski definition) is 3. The predicted octanol–water partition coefficient (Wildman–Crippen LogP) is 5.57. The van der Waals surface area contributed by atoms with E-state index in [0.29, 0.717) is 0 Å². The highest BCUT2D eigenvalue weighted by atomic mass is 32.1. The topological polar surface area (TPSA) is 32.3 Å². The van der Waals surface area contributed by atoms with Gasteiger partial charge in [0.15, 0.2) is 0 Å². The highest BCUT2D eigenvalue weighted by Gasteiger charge is 2.23. The van der Waals surface area contributed by atoms with Crippen molar-refractivity contribution >= 4 is 22.9 Å². The Bertz CT molecular complexity index is 909. The van der Waals surface area contributed by atoms with E-state index in [1.165, 1.54) is 11.1 Å². The zero-order valence-electron chi connectivity index (χ0n) is 15.6. The number of hydrogen-bond donors (Lipinski definition) is 1. The van der Waals surface area contributed by atoms with Gasteiger partial charge in [0.05, 0.1) is 4.88 Å². The molecule has 0 aliphatic carbocycles. The van der Waals surface area contributed by atoms with Gasteiger partial charge >= 0.3 is 0 Å². The number of nitrogens with one attached hydrogen (secondary N) is 1. The first-order chi connectivity index (χ1) is 13.2. The minimum atomic E-state index is 0.199. The maximum absolute atomic E-state index is 12.7. The Balaban J connectivity index is 1.46. The molecule has 0 unspecified atom stereocenters. The van der Waals surface area contributed by atoms with E-state index in [-0.39, 0.29) is 5.91 Å². The van der Waals surface area contributed by atoms with E-state index in [4.69, 9.17) is 0 Å². The highest BCUT2D eigenvalue weighted by molar-refractivity contribution is 7.17. The quantitative estimate of drug-likeness (QED) is 0.631. The lowest BCUT2D eigenvalue weighted by molar-refractivity contribution is 0.0797. The maximum Gasteiger partial charge on any atom is 0.264 e. The summed E-state index contributed by atoms with van der Waals surface area (Å²) < 4.78 is 0. The summed E-state index contributed by atoms with van der Waals surface area (Å²) in [5.74, 6) is 0.199. The van der Waals surface area contributed by atoms with Crippen LogP contribution in [0.3, 0.4) is 0 Å². The van der Waals surface area contributed by atoms with Crippen LogP contribution in [0, 0.1) is 6.92 Å². The second kappa shape index (κ2) is 7.97. The molecular formula is C23H24N2OS. The lowest BCUT2D eigenvalue weighted by Gasteiger charge is -2.14. The van der Waals surface area contributed by atoms with Crippen LogP contribution in [0.15, 0.2) is 60.7 Å². The van der Waals surface area contributed by atoms with Crippen LogP contribution >= 0.6 is 11.3 Å². The van der Waals surface area contributed by atoms with Gasteiger partial charge in [0.2, 0.25) is 0 Å². The molecule has 3 nitrogen and oxygen atoms in total. The molecule has 1 aromatic heterocycles. The molecule has 0 spiro atoms. The first-order valence-electron chi connectivity index (χ1n) is 9.48. The molecule has 1 aliphatic heterocycles. The van der Waals surface area contributed by atoms with Crippen LogP contribution in [0.2, 0.25) is 0 Å². The second-order valence-corrected chi connectivity index (χ2v) is 8.09. The molecule has 138 valence electrons. The van der Waals surface area contributed by atoms with Crippen molar-refractivity contribution in [1.29, 1.82) is 0 Å². The number of para-hydroxylation sites is 1. The summed E-state index contributed by atoms with van der Waals surface area (Å²) in [5, 5.41) is 3.43. The lowest BCUT2D eigenvalue weighted by Crippen LogP contribution is -2.27. The van der Waals surface area contributed by atoms with Gasteiger partial charge in [0.25, 0.3) is 5.91 Å². The molecule has 3 aromatic rings. The Kier molecular flexibility index (Phi) is 5.26. The van der Waals surface area contributed by atoms with Crippen molar-refractivity contribution < 1.29 is 4.79 Å². The van der Waals surface area contributed by atoms with Crippen molar-refractivity contribution in [3.8, 4) is 10.4 Å². The SMILES string of the molecule is Cc1cc(-c2ccc(CNc3ccccc3)cc2)sc1C(=O)N1CCCC1. The van der Waals surface area contributed by atoms with Gasteiger partial charge in [0, 0.05) is 30.2 Å². The van der Waals surface area contributed by atoms with Gasteiger partial charge < -0.3 is 10.2 Å². The molecule has 4 heteroatoms. The fourth-order valence-corrected chi connectivity index (χ4v) is 4.59. The number of thiophene rings is 1. The smallest absolute Gasteiger partial charge is 0.264 e. The van der Waals surface area contributed by atoms with E-state index in [2.05, 4.69) is 47.8 Å². The Morgan fingerprint density at radius 3 is 2.44 bits per heavy atom. The van der Waals surface area contributed by atoms with Crippen LogP contribution in [0.1, 0.15) is 33.6 Å². The minimum absolute atomic E-state index is 0.199. The number of carbonyl (C=O) groups is 1. The first kappa shape index (κ1) is 17.8. The largest absolute Gasteiger partial charge is 0.381 e. The first-order valence-corrected chi connectivity index (χ1v) is 10.3. The van der Waals surface area contributed by atoms with Gasteiger partial charge in [-0.3, -0.25) is 4.79 Å². The average molecular weight is 377 g/mol. The number of amides is 1. The summed E-state index contributed by atoms with van der Waals surface area (Å²) in [6.07, 6.45) is 2.25.